The Kier molecular flexibility index (Phi) is 2.91. The fourth-order valence-electron chi connectivity index (χ4n) is 0.516. The first-order valence-corrected chi connectivity index (χ1v) is 3.96. The molecule has 0 fully saturated rings. The molecule has 1 amide bonds. The maximum absolute atomic E-state index is 10.9. The Balaban J connectivity index is 2.37. The number of rotatable bonds is 2. The first-order chi connectivity index (χ1) is 5.33. The fourth-order valence-corrected chi connectivity index (χ4v) is 1.11. The Bertz CT molecular complexity index is 222. The fraction of sp³-hybridized carbons (Fsp3) is 0.400. The number of H-pyrrole nitrogens is 1. The molecule has 0 unspecified atom stereocenters. The van der Waals surface area contributed by atoms with E-state index in [0.717, 1.165) is 11.8 Å². The van der Waals surface area contributed by atoms with Crippen molar-refractivity contribution in [2.24, 2.45) is 0 Å². The van der Waals surface area contributed by atoms with Crippen LogP contribution in [-0.2, 0) is 0 Å². The third kappa shape index (κ3) is 2.58. The zero-order valence-corrected chi connectivity index (χ0v) is 6.81. The summed E-state index contributed by atoms with van der Waals surface area (Å²) in [6.07, 6.45) is 1.50. The van der Waals surface area contributed by atoms with Crippen molar-refractivity contribution in [1.82, 2.24) is 20.7 Å². The second-order valence-corrected chi connectivity index (χ2v) is 2.72. The van der Waals surface area contributed by atoms with Crippen LogP contribution in [0.1, 0.15) is 6.92 Å². The average Bonchev–Trinajstić information content (AvgIpc) is 2.40. The lowest BCUT2D eigenvalue weighted by Gasteiger charge is -1.95. The molecule has 1 rings (SSSR count). The van der Waals surface area contributed by atoms with Gasteiger partial charge in [-0.25, -0.2) is 0 Å². The van der Waals surface area contributed by atoms with Crippen molar-refractivity contribution in [1.29, 1.82) is 0 Å². The van der Waals surface area contributed by atoms with Gasteiger partial charge in [-0.05, 0) is 18.7 Å². The lowest BCUT2D eigenvalue weighted by molar-refractivity contribution is 0.261. The maximum atomic E-state index is 10.9. The summed E-state index contributed by atoms with van der Waals surface area (Å²) in [4.78, 5) is 10.9. The summed E-state index contributed by atoms with van der Waals surface area (Å²) in [5, 5.41) is 12.8. The molecule has 60 valence electrons. The van der Waals surface area contributed by atoms with Crippen molar-refractivity contribution in [2.75, 3.05) is 6.54 Å². The molecule has 1 heterocycles. The van der Waals surface area contributed by atoms with Gasteiger partial charge in [-0.1, -0.05) is 0 Å². The van der Waals surface area contributed by atoms with E-state index in [1.165, 1.54) is 6.20 Å². The summed E-state index contributed by atoms with van der Waals surface area (Å²) in [7, 11) is 0. The molecule has 0 radical (unpaired) electrons. The number of aromatic nitrogens is 3. The quantitative estimate of drug-likeness (QED) is 0.642. The Morgan fingerprint density at radius 1 is 1.91 bits per heavy atom. The smallest absolute Gasteiger partial charge is 0.285 e. The molecule has 0 saturated carbocycles. The highest BCUT2D eigenvalue weighted by Crippen LogP contribution is 2.12. The summed E-state index contributed by atoms with van der Waals surface area (Å²) >= 11 is 1.02. The molecule has 0 saturated heterocycles. The number of nitrogens with one attached hydrogen (secondary N) is 2. The summed E-state index contributed by atoms with van der Waals surface area (Å²) in [6, 6.07) is 0. The number of carbonyl (C=O) groups excluding carboxylic acids is 1. The molecule has 1 aromatic rings. The van der Waals surface area contributed by atoms with E-state index in [-0.39, 0.29) is 5.24 Å². The predicted molar refractivity (Wildman–Crippen MR) is 41.3 cm³/mol. The van der Waals surface area contributed by atoms with Gasteiger partial charge < -0.3 is 5.32 Å². The minimum atomic E-state index is -0.110. The minimum absolute atomic E-state index is 0.110. The van der Waals surface area contributed by atoms with Crippen molar-refractivity contribution in [3.05, 3.63) is 6.20 Å². The van der Waals surface area contributed by atoms with Gasteiger partial charge in [-0.15, -0.1) is 5.10 Å². The van der Waals surface area contributed by atoms with Crippen LogP contribution in [-0.4, -0.2) is 27.2 Å². The molecule has 0 aliphatic heterocycles. The number of thioether (sulfide) groups is 1. The van der Waals surface area contributed by atoms with Crippen molar-refractivity contribution in [3.8, 4) is 0 Å². The molecule has 0 atom stereocenters. The van der Waals surface area contributed by atoms with Gasteiger partial charge >= 0.3 is 0 Å². The van der Waals surface area contributed by atoms with E-state index < -0.39 is 0 Å². The molecule has 0 bridgehead atoms. The van der Waals surface area contributed by atoms with Crippen LogP contribution in [0.5, 0.6) is 0 Å². The second kappa shape index (κ2) is 3.97. The first-order valence-electron chi connectivity index (χ1n) is 3.14. The van der Waals surface area contributed by atoms with Gasteiger partial charge in [0.25, 0.3) is 5.24 Å². The Hall–Kier alpha value is -1.04. The van der Waals surface area contributed by atoms with Crippen LogP contribution in [0.2, 0.25) is 0 Å². The molecule has 2 N–H and O–H groups in total. The first kappa shape index (κ1) is 8.06. The summed E-state index contributed by atoms with van der Waals surface area (Å²) < 4.78 is 0. The molecule has 11 heavy (non-hydrogen) atoms. The Morgan fingerprint density at radius 3 is 3.27 bits per heavy atom. The van der Waals surface area contributed by atoms with Crippen molar-refractivity contribution < 1.29 is 4.79 Å². The van der Waals surface area contributed by atoms with Crippen LogP contribution in [0.15, 0.2) is 11.2 Å². The van der Waals surface area contributed by atoms with Crippen LogP contribution in [0.3, 0.4) is 0 Å². The van der Waals surface area contributed by atoms with Gasteiger partial charge in [0, 0.05) is 6.54 Å². The monoisotopic (exact) mass is 172 g/mol. The van der Waals surface area contributed by atoms with Crippen LogP contribution in [0, 0.1) is 0 Å². The summed E-state index contributed by atoms with van der Waals surface area (Å²) in [5.41, 5.74) is 0. The molecule has 0 spiro atoms. The minimum Gasteiger partial charge on any atom is -0.347 e. The number of carbonyl (C=O) groups is 1. The van der Waals surface area contributed by atoms with E-state index in [0.29, 0.717) is 11.6 Å². The van der Waals surface area contributed by atoms with E-state index in [4.69, 9.17) is 0 Å². The van der Waals surface area contributed by atoms with E-state index in [1.807, 2.05) is 6.92 Å². The number of hydrogen-bond acceptors (Lipinski definition) is 4. The van der Waals surface area contributed by atoms with Crippen molar-refractivity contribution >= 4 is 17.0 Å². The number of amides is 1. The largest absolute Gasteiger partial charge is 0.347 e. The number of nitrogens with zero attached hydrogens (tertiary/aromatic N) is 2. The summed E-state index contributed by atoms with van der Waals surface area (Å²) in [6.45, 7) is 2.49. The molecule has 6 heteroatoms. The van der Waals surface area contributed by atoms with Gasteiger partial charge in [0.1, 0.15) is 5.03 Å². The van der Waals surface area contributed by atoms with E-state index >= 15 is 0 Å². The van der Waals surface area contributed by atoms with Gasteiger partial charge in [-0.2, -0.15) is 10.3 Å². The molecule has 0 aliphatic rings. The van der Waals surface area contributed by atoms with E-state index in [2.05, 4.69) is 20.7 Å². The zero-order chi connectivity index (χ0) is 8.10. The molecular weight excluding hydrogens is 164 g/mol. The normalized spacial score (nSPS) is 9.55. The van der Waals surface area contributed by atoms with Crippen LogP contribution >= 0.6 is 11.8 Å². The van der Waals surface area contributed by atoms with E-state index in [1.54, 1.807) is 0 Å². The van der Waals surface area contributed by atoms with Crippen LogP contribution in [0.4, 0.5) is 4.79 Å². The van der Waals surface area contributed by atoms with Gasteiger partial charge in [0.2, 0.25) is 0 Å². The molecular formula is C5H8N4OS. The molecule has 0 aliphatic carbocycles. The molecule has 1 aromatic heterocycles. The SMILES string of the molecule is CCNC(=O)Sc1cn[nH]n1. The molecule has 5 nitrogen and oxygen atoms in total. The van der Waals surface area contributed by atoms with Gasteiger partial charge in [0.15, 0.2) is 0 Å². The van der Waals surface area contributed by atoms with Crippen molar-refractivity contribution in [2.45, 2.75) is 11.9 Å². The standard InChI is InChI=1S/C5H8N4OS/c1-2-6-5(10)11-4-3-7-9-8-4/h3H,2H2,1H3,(H,6,10)(H,7,8,9). The van der Waals surface area contributed by atoms with Crippen LogP contribution < -0.4 is 5.32 Å². The highest BCUT2D eigenvalue weighted by atomic mass is 32.2. The Morgan fingerprint density at radius 2 is 2.73 bits per heavy atom. The predicted octanol–water partition coefficient (Wildman–Crippen LogP) is 0.626. The van der Waals surface area contributed by atoms with Gasteiger partial charge in [-0.3, -0.25) is 4.79 Å². The third-order valence-corrected chi connectivity index (χ3v) is 1.65. The average molecular weight is 172 g/mol. The highest BCUT2D eigenvalue weighted by Gasteiger charge is 2.03. The highest BCUT2D eigenvalue weighted by molar-refractivity contribution is 8.13. The zero-order valence-electron chi connectivity index (χ0n) is 6.00. The van der Waals surface area contributed by atoms with Gasteiger partial charge in [0.05, 0.1) is 6.20 Å². The summed E-state index contributed by atoms with van der Waals surface area (Å²) in [5.74, 6) is 0. The lowest BCUT2D eigenvalue weighted by Crippen LogP contribution is -2.17. The Labute approximate surface area is 67.9 Å². The third-order valence-electron chi connectivity index (χ3n) is 0.911. The second-order valence-electron chi connectivity index (χ2n) is 1.73. The number of hydrogen-bond donors (Lipinski definition) is 2. The topological polar surface area (TPSA) is 70.7 Å². The van der Waals surface area contributed by atoms with E-state index in [9.17, 15) is 4.79 Å². The number of aromatic amines is 1. The van der Waals surface area contributed by atoms with Crippen molar-refractivity contribution in [3.63, 3.8) is 0 Å². The van der Waals surface area contributed by atoms with Crippen LogP contribution in [0.25, 0.3) is 0 Å². The molecule has 0 aromatic carbocycles. The lowest BCUT2D eigenvalue weighted by atomic mass is 10.8. The maximum Gasteiger partial charge on any atom is 0.285 e.